The molecule has 0 aliphatic carbocycles. The average Bonchev–Trinajstić information content (AvgIpc) is 3.20. The van der Waals surface area contributed by atoms with Crippen LogP contribution in [0.5, 0.6) is 5.75 Å². The van der Waals surface area contributed by atoms with Crippen molar-refractivity contribution in [2.75, 3.05) is 17.7 Å². The molecule has 4 rings (SSSR count). The third kappa shape index (κ3) is 5.34. The normalized spacial score (nSPS) is 10.7. The van der Waals surface area contributed by atoms with Crippen molar-refractivity contribution in [2.45, 2.75) is 11.7 Å². The van der Waals surface area contributed by atoms with Gasteiger partial charge in [-0.05, 0) is 48.5 Å². The van der Waals surface area contributed by atoms with Gasteiger partial charge in [-0.15, -0.1) is 10.2 Å². The maximum Gasteiger partial charge on any atom is 0.196 e. The second-order valence-corrected chi connectivity index (χ2v) is 7.94. The number of para-hydroxylation sites is 2. The number of ether oxygens (including phenoxy) is 1. The standard InChI is InChI=1S/C23H21ClN4OS/c24-18-11-13-19(14-12-18)25-17-22-26-27-23(28(22)20-7-3-1-4-8-20)30-16-15-29-21-9-5-2-6-10-21/h1-14,25H,15-17H2. The van der Waals surface area contributed by atoms with Crippen LogP contribution in [-0.4, -0.2) is 27.1 Å². The molecule has 0 atom stereocenters. The van der Waals surface area contributed by atoms with Crippen molar-refractivity contribution in [2.24, 2.45) is 0 Å². The second kappa shape index (κ2) is 10.2. The largest absolute Gasteiger partial charge is 0.493 e. The molecular formula is C23H21ClN4OS. The predicted molar refractivity (Wildman–Crippen MR) is 123 cm³/mol. The lowest BCUT2D eigenvalue weighted by molar-refractivity contribution is 0.344. The molecule has 3 aromatic carbocycles. The minimum Gasteiger partial charge on any atom is -0.493 e. The maximum absolute atomic E-state index is 5.97. The number of aromatic nitrogens is 3. The Morgan fingerprint density at radius 3 is 2.30 bits per heavy atom. The van der Waals surface area contributed by atoms with E-state index >= 15 is 0 Å². The highest BCUT2D eigenvalue weighted by atomic mass is 35.5. The molecule has 5 nitrogen and oxygen atoms in total. The number of hydrogen-bond acceptors (Lipinski definition) is 5. The zero-order valence-corrected chi connectivity index (χ0v) is 17.8. The Labute approximate surface area is 185 Å². The topological polar surface area (TPSA) is 52.0 Å². The van der Waals surface area contributed by atoms with Crippen molar-refractivity contribution in [1.82, 2.24) is 14.8 Å². The average molecular weight is 437 g/mol. The summed E-state index contributed by atoms with van der Waals surface area (Å²) >= 11 is 7.59. The fourth-order valence-electron chi connectivity index (χ4n) is 2.90. The summed E-state index contributed by atoms with van der Waals surface area (Å²) in [5.74, 6) is 2.47. The highest BCUT2D eigenvalue weighted by Gasteiger charge is 2.14. The summed E-state index contributed by atoms with van der Waals surface area (Å²) < 4.78 is 7.87. The Morgan fingerprint density at radius 1 is 0.867 bits per heavy atom. The number of rotatable bonds is 9. The number of nitrogens with zero attached hydrogens (tertiary/aromatic N) is 3. The molecule has 1 heterocycles. The van der Waals surface area contributed by atoms with E-state index in [9.17, 15) is 0 Å². The lowest BCUT2D eigenvalue weighted by Gasteiger charge is -2.12. The summed E-state index contributed by atoms with van der Waals surface area (Å²) in [5, 5.41) is 13.8. The van der Waals surface area contributed by atoms with Crippen molar-refractivity contribution in [3.8, 4) is 11.4 Å². The van der Waals surface area contributed by atoms with E-state index in [0.717, 1.165) is 33.9 Å². The molecule has 0 bridgehead atoms. The lowest BCUT2D eigenvalue weighted by Crippen LogP contribution is -2.09. The third-order valence-corrected chi connectivity index (χ3v) is 5.48. The van der Waals surface area contributed by atoms with Crippen LogP contribution in [0.3, 0.4) is 0 Å². The number of anilines is 1. The maximum atomic E-state index is 5.97. The molecule has 1 aromatic heterocycles. The van der Waals surface area contributed by atoms with Crippen LogP contribution in [-0.2, 0) is 6.54 Å². The van der Waals surface area contributed by atoms with Gasteiger partial charge in [0.2, 0.25) is 0 Å². The Morgan fingerprint density at radius 2 is 1.57 bits per heavy atom. The summed E-state index contributed by atoms with van der Waals surface area (Å²) in [7, 11) is 0. The first-order chi connectivity index (χ1) is 14.8. The van der Waals surface area contributed by atoms with Gasteiger partial charge in [-0.2, -0.15) is 0 Å². The summed E-state index contributed by atoms with van der Waals surface area (Å²) in [6, 6.07) is 27.6. The zero-order valence-electron chi connectivity index (χ0n) is 16.2. The number of nitrogens with one attached hydrogen (secondary N) is 1. The van der Waals surface area contributed by atoms with Crippen molar-refractivity contribution < 1.29 is 4.74 Å². The van der Waals surface area contributed by atoms with Gasteiger partial charge in [0.25, 0.3) is 0 Å². The van der Waals surface area contributed by atoms with Gasteiger partial charge in [0.15, 0.2) is 11.0 Å². The molecule has 30 heavy (non-hydrogen) atoms. The highest BCUT2D eigenvalue weighted by molar-refractivity contribution is 7.99. The van der Waals surface area contributed by atoms with E-state index in [4.69, 9.17) is 16.3 Å². The lowest BCUT2D eigenvalue weighted by atomic mass is 10.3. The smallest absolute Gasteiger partial charge is 0.196 e. The molecule has 0 spiro atoms. The molecule has 0 radical (unpaired) electrons. The summed E-state index contributed by atoms with van der Waals surface area (Å²) in [4.78, 5) is 0. The minimum atomic E-state index is 0.546. The van der Waals surface area contributed by atoms with Crippen molar-refractivity contribution >= 4 is 29.1 Å². The van der Waals surface area contributed by atoms with Gasteiger partial charge < -0.3 is 10.1 Å². The van der Waals surface area contributed by atoms with Crippen LogP contribution in [0.2, 0.25) is 5.02 Å². The Kier molecular flexibility index (Phi) is 6.90. The molecule has 7 heteroatoms. The van der Waals surface area contributed by atoms with E-state index in [1.165, 1.54) is 0 Å². The van der Waals surface area contributed by atoms with Gasteiger partial charge in [-0.1, -0.05) is 59.8 Å². The van der Waals surface area contributed by atoms with Crippen LogP contribution >= 0.6 is 23.4 Å². The van der Waals surface area contributed by atoms with Crippen LogP contribution in [0.25, 0.3) is 5.69 Å². The van der Waals surface area contributed by atoms with Crippen LogP contribution in [0.1, 0.15) is 5.82 Å². The molecular weight excluding hydrogens is 416 g/mol. The van der Waals surface area contributed by atoms with Crippen molar-refractivity contribution in [3.05, 3.63) is 95.8 Å². The van der Waals surface area contributed by atoms with Gasteiger partial charge in [-0.25, -0.2) is 0 Å². The Bertz CT molecular complexity index is 1060. The minimum absolute atomic E-state index is 0.546. The quantitative estimate of drug-likeness (QED) is 0.269. The van der Waals surface area contributed by atoms with Gasteiger partial charge in [0, 0.05) is 22.2 Å². The molecule has 0 saturated heterocycles. The highest BCUT2D eigenvalue weighted by Crippen LogP contribution is 2.23. The Balaban J connectivity index is 1.45. The van der Waals surface area contributed by atoms with Crippen molar-refractivity contribution in [1.29, 1.82) is 0 Å². The van der Waals surface area contributed by atoms with E-state index in [1.807, 2.05) is 72.8 Å². The third-order valence-electron chi connectivity index (χ3n) is 4.34. The first kappa shape index (κ1) is 20.3. The first-order valence-corrected chi connectivity index (χ1v) is 11.0. The van der Waals surface area contributed by atoms with Crippen molar-refractivity contribution in [3.63, 3.8) is 0 Å². The van der Waals surface area contributed by atoms with Gasteiger partial charge in [0.1, 0.15) is 5.75 Å². The summed E-state index contributed by atoms with van der Waals surface area (Å²) in [5.41, 5.74) is 2.01. The number of halogens is 1. The number of benzene rings is 3. The second-order valence-electron chi connectivity index (χ2n) is 6.44. The fraction of sp³-hybridized carbons (Fsp3) is 0.130. The molecule has 152 valence electrons. The summed E-state index contributed by atoms with van der Waals surface area (Å²) in [6.45, 7) is 1.14. The van der Waals surface area contributed by atoms with Crippen LogP contribution in [0, 0.1) is 0 Å². The number of hydrogen-bond donors (Lipinski definition) is 1. The van der Waals surface area contributed by atoms with E-state index in [1.54, 1.807) is 11.8 Å². The molecule has 0 aliphatic rings. The first-order valence-electron chi connectivity index (χ1n) is 9.59. The SMILES string of the molecule is Clc1ccc(NCc2nnc(SCCOc3ccccc3)n2-c2ccccc2)cc1. The van der Waals surface area contributed by atoms with Gasteiger partial charge in [0.05, 0.1) is 13.2 Å². The van der Waals surface area contributed by atoms with Crippen LogP contribution in [0.15, 0.2) is 90.1 Å². The van der Waals surface area contributed by atoms with E-state index < -0.39 is 0 Å². The summed E-state index contributed by atoms with van der Waals surface area (Å²) in [6.07, 6.45) is 0. The van der Waals surface area contributed by atoms with Gasteiger partial charge >= 0.3 is 0 Å². The molecule has 4 aromatic rings. The monoisotopic (exact) mass is 436 g/mol. The van der Waals surface area contributed by atoms with E-state index in [-0.39, 0.29) is 0 Å². The van der Waals surface area contributed by atoms with Crippen LogP contribution < -0.4 is 10.1 Å². The number of thioether (sulfide) groups is 1. The molecule has 0 amide bonds. The zero-order chi connectivity index (χ0) is 20.6. The fourth-order valence-corrected chi connectivity index (χ4v) is 3.82. The molecule has 0 fully saturated rings. The Hall–Kier alpha value is -2.96. The predicted octanol–water partition coefficient (Wildman–Crippen LogP) is 5.70. The van der Waals surface area contributed by atoms with E-state index in [0.29, 0.717) is 18.2 Å². The molecule has 0 unspecified atom stereocenters. The van der Waals surface area contributed by atoms with Crippen LogP contribution in [0.4, 0.5) is 5.69 Å². The molecule has 1 N–H and O–H groups in total. The van der Waals surface area contributed by atoms with E-state index in [2.05, 4.69) is 32.2 Å². The van der Waals surface area contributed by atoms with Gasteiger partial charge in [-0.3, -0.25) is 4.57 Å². The molecule has 0 aliphatic heterocycles. The molecule has 0 saturated carbocycles.